The van der Waals surface area contributed by atoms with E-state index in [1.165, 1.54) is 6.92 Å². The number of nitro benzene ring substituents is 1. The Morgan fingerprint density at radius 1 is 1.35 bits per heavy atom. The van der Waals surface area contributed by atoms with E-state index in [9.17, 15) is 31.7 Å². The number of hydrogen-bond acceptors (Lipinski definition) is 4. The molecule has 0 heterocycles. The Bertz CT molecular complexity index is 625. The Labute approximate surface area is 113 Å². The van der Waals surface area contributed by atoms with Gasteiger partial charge in [0.15, 0.2) is 9.84 Å². The van der Waals surface area contributed by atoms with Gasteiger partial charge < -0.3 is 0 Å². The van der Waals surface area contributed by atoms with E-state index >= 15 is 0 Å². The molecular formula is C11H12F3NO4S. The molecule has 0 saturated carbocycles. The van der Waals surface area contributed by atoms with Gasteiger partial charge in [-0.3, -0.25) is 10.1 Å². The average molecular weight is 311 g/mol. The normalized spacial score (nSPS) is 14.1. The lowest BCUT2D eigenvalue weighted by molar-refractivity contribution is -0.388. The van der Waals surface area contributed by atoms with Crippen LogP contribution in [-0.4, -0.2) is 19.6 Å². The van der Waals surface area contributed by atoms with E-state index in [0.29, 0.717) is 6.07 Å². The predicted octanol–water partition coefficient (Wildman–Crippen LogP) is 3.11. The van der Waals surface area contributed by atoms with Gasteiger partial charge >= 0.3 is 6.18 Å². The highest BCUT2D eigenvalue weighted by Gasteiger charge is 2.41. The van der Waals surface area contributed by atoms with Gasteiger partial charge in [-0.05, 0) is 12.5 Å². The van der Waals surface area contributed by atoms with Crippen LogP contribution in [0.3, 0.4) is 0 Å². The van der Waals surface area contributed by atoms with Crippen LogP contribution in [0.1, 0.15) is 29.7 Å². The molecule has 1 aromatic carbocycles. The summed E-state index contributed by atoms with van der Waals surface area (Å²) in [6.07, 6.45) is -4.14. The minimum absolute atomic E-state index is 0.0546. The van der Waals surface area contributed by atoms with Crippen LogP contribution in [0.2, 0.25) is 0 Å². The lowest BCUT2D eigenvalue weighted by Gasteiger charge is -2.16. The van der Waals surface area contributed by atoms with Crippen LogP contribution >= 0.6 is 0 Å². The number of benzene rings is 1. The molecule has 0 aromatic heterocycles. The van der Waals surface area contributed by atoms with Crippen LogP contribution in [0, 0.1) is 10.1 Å². The highest BCUT2D eigenvalue weighted by atomic mass is 32.2. The fourth-order valence-electron chi connectivity index (χ4n) is 2.01. The maximum atomic E-state index is 12.8. The molecule has 0 aliphatic carbocycles. The first-order chi connectivity index (χ1) is 9.00. The molecule has 0 amide bonds. The third-order valence-electron chi connectivity index (χ3n) is 2.79. The molecule has 0 aliphatic rings. The van der Waals surface area contributed by atoms with Crippen molar-refractivity contribution in [3.05, 3.63) is 39.4 Å². The summed E-state index contributed by atoms with van der Waals surface area (Å²) in [5.41, 5.74) is -3.07. The maximum absolute atomic E-state index is 12.8. The van der Waals surface area contributed by atoms with Crippen molar-refractivity contribution < 1.29 is 26.5 Å². The number of nitro groups is 1. The van der Waals surface area contributed by atoms with Gasteiger partial charge in [-0.1, -0.05) is 19.1 Å². The summed E-state index contributed by atoms with van der Waals surface area (Å²) in [5.74, 6) is 0. The summed E-state index contributed by atoms with van der Waals surface area (Å²) in [7, 11) is -3.76. The first-order valence-corrected chi connectivity index (χ1v) is 7.49. The monoisotopic (exact) mass is 311 g/mol. The molecule has 1 aromatic rings. The Hall–Kier alpha value is -1.64. The Balaban J connectivity index is 3.68. The van der Waals surface area contributed by atoms with E-state index in [1.54, 1.807) is 0 Å². The SMILES string of the molecule is CCC(c1cccc(C(F)(F)F)c1[N+](=O)[O-])S(C)(=O)=O. The molecule has 9 heteroatoms. The maximum Gasteiger partial charge on any atom is 0.423 e. The number of para-hydroxylation sites is 1. The molecule has 0 radical (unpaired) electrons. The Morgan fingerprint density at radius 2 is 1.90 bits per heavy atom. The molecule has 0 N–H and O–H groups in total. The van der Waals surface area contributed by atoms with Gasteiger partial charge in [0, 0.05) is 11.8 Å². The first-order valence-electron chi connectivity index (χ1n) is 5.53. The van der Waals surface area contributed by atoms with Gasteiger partial charge in [0.1, 0.15) is 5.56 Å². The molecule has 5 nitrogen and oxygen atoms in total. The second-order valence-corrected chi connectivity index (χ2v) is 6.45. The average Bonchev–Trinajstić information content (AvgIpc) is 2.26. The minimum Gasteiger partial charge on any atom is -0.258 e. The molecule has 20 heavy (non-hydrogen) atoms. The van der Waals surface area contributed by atoms with E-state index in [0.717, 1.165) is 18.4 Å². The van der Waals surface area contributed by atoms with Crippen LogP contribution in [0.5, 0.6) is 0 Å². The number of alkyl halides is 3. The molecule has 0 aliphatic heterocycles. The molecule has 112 valence electrons. The van der Waals surface area contributed by atoms with E-state index < -0.39 is 43.0 Å². The van der Waals surface area contributed by atoms with Crippen molar-refractivity contribution in [3.8, 4) is 0 Å². The van der Waals surface area contributed by atoms with Crippen LogP contribution in [0.4, 0.5) is 18.9 Å². The standard InChI is InChI=1S/C11H12F3NO4S/c1-3-9(20(2,18)19)7-5-4-6-8(11(12,13)14)10(7)15(16)17/h4-6,9H,3H2,1-2H3. The number of hydrogen-bond donors (Lipinski definition) is 0. The molecule has 0 bridgehead atoms. The highest BCUT2D eigenvalue weighted by molar-refractivity contribution is 7.90. The van der Waals surface area contributed by atoms with Gasteiger partial charge in [-0.2, -0.15) is 13.2 Å². The zero-order valence-corrected chi connectivity index (χ0v) is 11.5. The largest absolute Gasteiger partial charge is 0.423 e. The van der Waals surface area contributed by atoms with Crippen LogP contribution in [0.15, 0.2) is 18.2 Å². The Morgan fingerprint density at radius 3 is 2.25 bits per heavy atom. The quantitative estimate of drug-likeness (QED) is 0.632. The second kappa shape index (κ2) is 5.39. The summed E-state index contributed by atoms with van der Waals surface area (Å²) in [6, 6.07) is 2.58. The van der Waals surface area contributed by atoms with Crippen molar-refractivity contribution in [1.82, 2.24) is 0 Å². The summed E-state index contributed by atoms with van der Waals surface area (Å²) < 4.78 is 61.6. The summed E-state index contributed by atoms with van der Waals surface area (Å²) >= 11 is 0. The van der Waals surface area contributed by atoms with E-state index in [4.69, 9.17) is 0 Å². The molecule has 0 saturated heterocycles. The minimum atomic E-state index is -4.92. The van der Waals surface area contributed by atoms with Crippen LogP contribution in [-0.2, 0) is 16.0 Å². The molecule has 1 rings (SSSR count). The second-order valence-electron chi connectivity index (χ2n) is 4.22. The van der Waals surface area contributed by atoms with E-state index in [1.807, 2.05) is 0 Å². The van der Waals surface area contributed by atoms with Gasteiger partial charge in [0.25, 0.3) is 5.69 Å². The number of halogens is 3. The third-order valence-corrected chi connectivity index (χ3v) is 4.41. The fraction of sp³-hybridized carbons (Fsp3) is 0.455. The summed E-state index contributed by atoms with van der Waals surface area (Å²) in [5, 5.41) is 9.60. The topological polar surface area (TPSA) is 77.3 Å². The number of sulfone groups is 1. The first kappa shape index (κ1) is 16.4. The van der Waals surface area contributed by atoms with Gasteiger partial charge in [-0.25, -0.2) is 8.42 Å². The summed E-state index contributed by atoms with van der Waals surface area (Å²) in [6.45, 7) is 1.44. The van der Waals surface area contributed by atoms with Crippen molar-refractivity contribution in [2.75, 3.05) is 6.26 Å². The molecule has 1 atom stereocenters. The lowest BCUT2D eigenvalue weighted by Crippen LogP contribution is -2.16. The fourth-order valence-corrected chi connectivity index (χ4v) is 3.26. The van der Waals surface area contributed by atoms with Crippen molar-refractivity contribution in [1.29, 1.82) is 0 Å². The lowest BCUT2D eigenvalue weighted by atomic mass is 10.0. The number of rotatable bonds is 4. The molecular weight excluding hydrogens is 299 g/mol. The van der Waals surface area contributed by atoms with Crippen LogP contribution in [0.25, 0.3) is 0 Å². The molecule has 0 spiro atoms. The third kappa shape index (κ3) is 3.27. The Kier molecular flexibility index (Phi) is 4.42. The number of nitrogens with zero attached hydrogens (tertiary/aromatic N) is 1. The van der Waals surface area contributed by atoms with Gasteiger partial charge in [0.05, 0.1) is 10.2 Å². The molecule has 0 fully saturated rings. The predicted molar refractivity (Wildman–Crippen MR) is 66.0 cm³/mol. The van der Waals surface area contributed by atoms with Crippen molar-refractivity contribution in [2.24, 2.45) is 0 Å². The zero-order valence-electron chi connectivity index (χ0n) is 10.6. The van der Waals surface area contributed by atoms with E-state index in [2.05, 4.69) is 0 Å². The summed E-state index contributed by atoms with van der Waals surface area (Å²) in [4.78, 5) is 9.76. The highest BCUT2D eigenvalue weighted by Crippen LogP contribution is 2.41. The van der Waals surface area contributed by atoms with E-state index in [-0.39, 0.29) is 6.42 Å². The zero-order chi connectivity index (χ0) is 15.7. The van der Waals surface area contributed by atoms with Crippen molar-refractivity contribution >= 4 is 15.5 Å². The molecule has 1 unspecified atom stereocenters. The van der Waals surface area contributed by atoms with Crippen molar-refractivity contribution in [3.63, 3.8) is 0 Å². The van der Waals surface area contributed by atoms with Crippen molar-refractivity contribution in [2.45, 2.75) is 24.8 Å². The van der Waals surface area contributed by atoms with Crippen LogP contribution < -0.4 is 0 Å². The smallest absolute Gasteiger partial charge is 0.258 e. The van der Waals surface area contributed by atoms with Gasteiger partial charge in [-0.15, -0.1) is 0 Å². The van der Waals surface area contributed by atoms with Gasteiger partial charge in [0.2, 0.25) is 0 Å².